The molecule has 0 bridgehead atoms. The minimum Gasteiger partial charge on any atom is -0.263 e. The summed E-state index contributed by atoms with van der Waals surface area (Å²) in [6.45, 7) is 1.77. The topological polar surface area (TPSA) is 59.1 Å². The van der Waals surface area contributed by atoms with Crippen LogP contribution in [0, 0.1) is 0 Å². The molecular formula is C13H12BrClN2O2S. The van der Waals surface area contributed by atoms with E-state index in [0.29, 0.717) is 0 Å². The molecule has 0 amide bonds. The lowest BCUT2D eigenvalue weighted by atomic mass is 10.1. The molecule has 1 aromatic carbocycles. The third-order valence-electron chi connectivity index (χ3n) is 2.73. The number of nitrogens with zero attached hydrogens (tertiary/aromatic N) is 1. The molecule has 2 rings (SSSR count). The largest absolute Gasteiger partial charge is 0.263 e. The second-order valence-electron chi connectivity index (χ2n) is 4.20. The summed E-state index contributed by atoms with van der Waals surface area (Å²) in [5, 5.41) is 0.149. The fourth-order valence-corrected chi connectivity index (χ4v) is 3.60. The average Bonchev–Trinajstić information content (AvgIpc) is 2.39. The number of benzene rings is 1. The SMILES string of the molecule is CC(NS(=O)(=O)c1cnccc1Cl)c1ccc(Br)cc1. The van der Waals surface area contributed by atoms with E-state index >= 15 is 0 Å². The Balaban J connectivity index is 2.24. The Labute approximate surface area is 131 Å². The third kappa shape index (κ3) is 3.58. The van der Waals surface area contributed by atoms with Gasteiger partial charge in [-0.3, -0.25) is 4.98 Å². The van der Waals surface area contributed by atoms with Crippen molar-refractivity contribution in [2.45, 2.75) is 17.9 Å². The highest BCUT2D eigenvalue weighted by Gasteiger charge is 2.21. The summed E-state index contributed by atoms with van der Waals surface area (Å²) >= 11 is 9.23. The lowest BCUT2D eigenvalue weighted by Gasteiger charge is -2.15. The molecule has 0 saturated carbocycles. The fourth-order valence-electron chi connectivity index (χ4n) is 1.68. The van der Waals surface area contributed by atoms with E-state index in [2.05, 4.69) is 25.6 Å². The van der Waals surface area contributed by atoms with E-state index in [0.717, 1.165) is 10.0 Å². The van der Waals surface area contributed by atoms with Crippen molar-refractivity contribution in [3.8, 4) is 0 Å². The first-order valence-corrected chi connectivity index (χ1v) is 8.43. The zero-order valence-electron chi connectivity index (χ0n) is 10.5. The highest BCUT2D eigenvalue weighted by atomic mass is 79.9. The summed E-state index contributed by atoms with van der Waals surface area (Å²) in [6, 6.07) is 8.49. The predicted molar refractivity (Wildman–Crippen MR) is 82.1 cm³/mol. The number of hydrogen-bond acceptors (Lipinski definition) is 3. The van der Waals surface area contributed by atoms with Gasteiger partial charge in [-0.2, -0.15) is 0 Å². The van der Waals surface area contributed by atoms with Crippen LogP contribution < -0.4 is 4.72 Å². The molecule has 4 nitrogen and oxygen atoms in total. The summed E-state index contributed by atoms with van der Waals surface area (Å²) < 4.78 is 28.0. The van der Waals surface area contributed by atoms with Crippen LogP contribution in [0.4, 0.5) is 0 Å². The molecule has 1 aromatic heterocycles. The van der Waals surface area contributed by atoms with Gasteiger partial charge in [0.25, 0.3) is 0 Å². The van der Waals surface area contributed by atoms with E-state index in [1.54, 1.807) is 6.92 Å². The van der Waals surface area contributed by atoms with E-state index in [-0.39, 0.29) is 16.0 Å². The minimum atomic E-state index is -3.70. The van der Waals surface area contributed by atoms with Crippen LogP contribution in [0.5, 0.6) is 0 Å². The molecule has 0 spiro atoms. The smallest absolute Gasteiger partial charge is 0.244 e. The Kier molecular flexibility index (Phi) is 4.80. The minimum absolute atomic E-state index is 0.0226. The molecule has 0 aliphatic heterocycles. The Hall–Kier alpha value is -0.950. The molecule has 20 heavy (non-hydrogen) atoms. The first-order chi connectivity index (χ1) is 9.40. The summed E-state index contributed by atoms with van der Waals surface area (Å²) in [7, 11) is -3.70. The molecule has 1 atom stereocenters. The Morgan fingerprint density at radius 3 is 2.50 bits per heavy atom. The number of hydrogen-bond donors (Lipinski definition) is 1. The number of nitrogens with one attached hydrogen (secondary N) is 1. The van der Waals surface area contributed by atoms with Gasteiger partial charge in [0.05, 0.1) is 5.02 Å². The molecule has 2 aromatic rings. The highest BCUT2D eigenvalue weighted by Crippen LogP contribution is 2.22. The van der Waals surface area contributed by atoms with Crippen LogP contribution in [0.25, 0.3) is 0 Å². The molecule has 1 heterocycles. The molecule has 1 N–H and O–H groups in total. The third-order valence-corrected chi connectivity index (χ3v) is 5.26. The van der Waals surface area contributed by atoms with E-state index in [1.807, 2.05) is 24.3 Å². The van der Waals surface area contributed by atoms with E-state index in [1.165, 1.54) is 18.5 Å². The lowest BCUT2D eigenvalue weighted by Crippen LogP contribution is -2.27. The Morgan fingerprint density at radius 2 is 1.90 bits per heavy atom. The highest BCUT2D eigenvalue weighted by molar-refractivity contribution is 9.10. The van der Waals surface area contributed by atoms with Crippen LogP contribution in [0.15, 0.2) is 52.1 Å². The quantitative estimate of drug-likeness (QED) is 0.889. The summed E-state index contributed by atoms with van der Waals surface area (Å²) in [4.78, 5) is 3.77. The predicted octanol–water partition coefficient (Wildman–Crippen LogP) is 3.54. The monoisotopic (exact) mass is 374 g/mol. The second kappa shape index (κ2) is 6.22. The number of aromatic nitrogens is 1. The van der Waals surface area contributed by atoms with Gasteiger partial charge in [0.1, 0.15) is 4.90 Å². The van der Waals surface area contributed by atoms with Gasteiger partial charge in [0, 0.05) is 22.9 Å². The van der Waals surface area contributed by atoms with Crippen LogP contribution in [-0.4, -0.2) is 13.4 Å². The van der Waals surface area contributed by atoms with Gasteiger partial charge in [-0.05, 0) is 30.7 Å². The van der Waals surface area contributed by atoms with Crippen LogP contribution >= 0.6 is 27.5 Å². The first-order valence-electron chi connectivity index (χ1n) is 5.77. The zero-order chi connectivity index (χ0) is 14.8. The van der Waals surface area contributed by atoms with Gasteiger partial charge in [-0.15, -0.1) is 0 Å². The van der Waals surface area contributed by atoms with Gasteiger partial charge in [0.2, 0.25) is 10.0 Å². The molecule has 7 heteroatoms. The van der Waals surface area contributed by atoms with Gasteiger partial charge < -0.3 is 0 Å². The normalized spacial score (nSPS) is 13.2. The maximum atomic E-state index is 12.3. The molecule has 0 aliphatic carbocycles. The van der Waals surface area contributed by atoms with Crippen molar-refractivity contribution >= 4 is 37.6 Å². The van der Waals surface area contributed by atoms with Crippen LogP contribution in [0.2, 0.25) is 5.02 Å². The number of sulfonamides is 1. The van der Waals surface area contributed by atoms with Gasteiger partial charge in [-0.1, -0.05) is 39.7 Å². The standard InChI is InChI=1S/C13H12BrClN2O2S/c1-9(10-2-4-11(14)5-3-10)17-20(18,19)13-8-16-7-6-12(13)15/h2-9,17H,1H3. The molecular weight excluding hydrogens is 364 g/mol. The van der Waals surface area contributed by atoms with Crippen molar-refractivity contribution in [2.75, 3.05) is 0 Å². The van der Waals surface area contributed by atoms with Crippen molar-refractivity contribution < 1.29 is 8.42 Å². The summed E-state index contributed by atoms with van der Waals surface area (Å²) in [6.07, 6.45) is 2.68. The van der Waals surface area contributed by atoms with Crippen molar-refractivity contribution in [2.24, 2.45) is 0 Å². The maximum absolute atomic E-state index is 12.3. The van der Waals surface area contributed by atoms with Gasteiger partial charge >= 0.3 is 0 Å². The molecule has 106 valence electrons. The first kappa shape index (κ1) is 15.4. The summed E-state index contributed by atoms with van der Waals surface area (Å²) in [5.74, 6) is 0. The lowest BCUT2D eigenvalue weighted by molar-refractivity contribution is 0.566. The van der Waals surface area contributed by atoms with Crippen LogP contribution in [0.3, 0.4) is 0 Å². The van der Waals surface area contributed by atoms with Crippen molar-refractivity contribution in [3.05, 3.63) is 57.8 Å². The Bertz CT molecular complexity index is 705. The molecule has 0 radical (unpaired) electrons. The van der Waals surface area contributed by atoms with E-state index in [9.17, 15) is 8.42 Å². The average molecular weight is 376 g/mol. The summed E-state index contributed by atoms with van der Waals surface area (Å²) in [5.41, 5.74) is 0.858. The molecule has 0 aliphatic rings. The number of pyridine rings is 1. The van der Waals surface area contributed by atoms with Crippen molar-refractivity contribution in [3.63, 3.8) is 0 Å². The van der Waals surface area contributed by atoms with Crippen LogP contribution in [0.1, 0.15) is 18.5 Å². The fraction of sp³-hybridized carbons (Fsp3) is 0.154. The van der Waals surface area contributed by atoms with E-state index in [4.69, 9.17) is 11.6 Å². The number of halogens is 2. The Morgan fingerprint density at radius 1 is 1.25 bits per heavy atom. The second-order valence-corrected chi connectivity index (χ2v) is 7.21. The molecule has 0 saturated heterocycles. The van der Waals surface area contributed by atoms with Crippen molar-refractivity contribution in [1.29, 1.82) is 0 Å². The van der Waals surface area contributed by atoms with Crippen LogP contribution in [-0.2, 0) is 10.0 Å². The number of rotatable bonds is 4. The van der Waals surface area contributed by atoms with Gasteiger partial charge in [-0.25, -0.2) is 13.1 Å². The molecule has 1 unspecified atom stereocenters. The maximum Gasteiger partial charge on any atom is 0.244 e. The zero-order valence-corrected chi connectivity index (χ0v) is 13.7. The van der Waals surface area contributed by atoms with Gasteiger partial charge in [0.15, 0.2) is 0 Å². The van der Waals surface area contributed by atoms with Crippen molar-refractivity contribution in [1.82, 2.24) is 9.71 Å². The molecule has 0 fully saturated rings. The van der Waals surface area contributed by atoms with E-state index < -0.39 is 10.0 Å².